The Morgan fingerprint density at radius 3 is 3.00 bits per heavy atom. The topological polar surface area (TPSA) is 25.8 Å². The van der Waals surface area contributed by atoms with Crippen molar-refractivity contribution in [3.8, 4) is 0 Å². The molecule has 5 heteroatoms. The number of benzene rings is 1. The first-order valence-corrected chi connectivity index (χ1v) is 8.05. The summed E-state index contributed by atoms with van der Waals surface area (Å²) in [6.45, 7) is 2.01. The highest BCUT2D eigenvalue weighted by Crippen LogP contribution is 2.31. The number of hydrogen-bond acceptors (Lipinski definition) is 4. The number of halogens is 1. The normalized spacial score (nSPS) is 11.1. The van der Waals surface area contributed by atoms with E-state index in [1.54, 1.807) is 29.3 Å². The molecule has 3 aromatic rings. The Balaban J connectivity index is 1.91. The molecule has 0 aliphatic heterocycles. The van der Waals surface area contributed by atoms with Gasteiger partial charge in [-0.1, -0.05) is 29.4 Å². The molecule has 0 unspecified atom stereocenters. The summed E-state index contributed by atoms with van der Waals surface area (Å²) >= 11 is 9.61. The third-order valence-corrected chi connectivity index (χ3v) is 5.27. The maximum atomic E-state index is 6.19. The van der Waals surface area contributed by atoms with E-state index in [1.807, 2.05) is 31.2 Å². The minimum absolute atomic E-state index is 0.752. The Kier molecular flexibility index (Phi) is 3.73. The predicted molar refractivity (Wildman–Crippen MR) is 83.2 cm³/mol. The van der Waals surface area contributed by atoms with Crippen LogP contribution >= 0.6 is 34.7 Å². The fourth-order valence-electron chi connectivity index (χ4n) is 1.85. The van der Waals surface area contributed by atoms with Crippen LogP contribution in [0.15, 0.2) is 40.2 Å². The van der Waals surface area contributed by atoms with Gasteiger partial charge in [-0.3, -0.25) is 4.98 Å². The molecule has 0 radical (unpaired) electrons. The summed E-state index contributed by atoms with van der Waals surface area (Å²) in [6, 6.07) is 7.90. The quantitative estimate of drug-likeness (QED) is 0.641. The summed E-state index contributed by atoms with van der Waals surface area (Å²) in [6.07, 6.45) is 1.81. The average Bonchev–Trinajstić information content (AvgIpc) is 2.84. The average molecular weight is 307 g/mol. The molecule has 0 aliphatic rings. The second kappa shape index (κ2) is 5.49. The molecule has 0 saturated carbocycles. The van der Waals surface area contributed by atoms with E-state index in [0.29, 0.717) is 0 Å². The number of hydrogen-bond donors (Lipinski definition) is 0. The Morgan fingerprint density at radius 2 is 2.21 bits per heavy atom. The van der Waals surface area contributed by atoms with E-state index in [1.165, 1.54) is 5.56 Å². The third-order valence-electron chi connectivity index (χ3n) is 2.75. The second-order valence-electron chi connectivity index (χ2n) is 4.15. The van der Waals surface area contributed by atoms with Crippen molar-refractivity contribution >= 4 is 45.6 Å². The lowest BCUT2D eigenvalue weighted by Crippen LogP contribution is -1.88. The molecule has 0 fully saturated rings. The zero-order valence-electron chi connectivity index (χ0n) is 10.3. The van der Waals surface area contributed by atoms with Crippen LogP contribution in [0.25, 0.3) is 10.9 Å². The van der Waals surface area contributed by atoms with Crippen molar-refractivity contribution in [2.75, 3.05) is 0 Å². The number of rotatable bonds is 3. The molecule has 0 saturated heterocycles. The Bertz CT molecular complexity index is 724. The number of fused-ring (bicyclic) bond motifs is 1. The third kappa shape index (κ3) is 2.76. The Hall–Kier alpha value is -1.10. The molecule has 2 nitrogen and oxygen atoms in total. The molecular weight excluding hydrogens is 296 g/mol. The van der Waals surface area contributed by atoms with E-state index in [9.17, 15) is 0 Å². The van der Waals surface area contributed by atoms with Gasteiger partial charge in [0.1, 0.15) is 4.34 Å². The summed E-state index contributed by atoms with van der Waals surface area (Å²) in [5, 5.41) is 3.83. The summed E-state index contributed by atoms with van der Waals surface area (Å²) in [5.74, 6) is 0.859. The van der Waals surface area contributed by atoms with E-state index in [-0.39, 0.29) is 0 Å². The number of thiazole rings is 1. The standard InChI is InChI=1S/C14H11ClN2S2/c1-9-7-18-14(17-9)19-8-10-4-5-12(15)11-3-2-6-16-13(10)11/h2-7H,8H2,1H3. The lowest BCUT2D eigenvalue weighted by Gasteiger charge is -2.05. The van der Waals surface area contributed by atoms with E-state index in [4.69, 9.17) is 11.6 Å². The summed E-state index contributed by atoms with van der Waals surface area (Å²) in [5.41, 5.74) is 3.25. The van der Waals surface area contributed by atoms with Gasteiger partial charge in [-0.2, -0.15) is 0 Å². The second-order valence-corrected chi connectivity index (χ2v) is 6.64. The number of nitrogens with zero attached hydrogens (tertiary/aromatic N) is 2. The van der Waals surface area contributed by atoms with Crippen LogP contribution in [0.5, 0.6) is 0 Å². The smallest absolute Gasteiger partial charge is 0.150 e. The SMILES string of the molecule is Cc1csc(SCc2ccc(Cl)c3cccnc23)n1. The van der Waals surface area contributed by atoms with Gasteiger partial charge >= 0.3 is 0 Å². The lowest BCUT2D eigenvalue weighted by atomic mass is 10.1. The van der Waals surface area contributed by atoms with Crippen molar-refractivity contribution in [3.63, 3.8) is 0 Å². The van der Waals surface area contributed by atoms with Gasteiger partial charge in [0.05, 0.1) is 5.52 Å². The molecule has 2 aromatic heterocycles. The fourth-order valence-corrected chi connectivity index (χ4v) is 3.90. The van der Waals surface area contributed by atoms with Gasteiger partial charge in [0.15, 0.2) is 0 Å². The van der Waals surface area contributed by atoms with Crippen molar-refractivity contribution in [2.45, 2.75) is 17.0 Å². The largest absolute Gasteiger partial charge is 0.256 e. The molecule has 19 heavy (non-hydrogen) atoms. The van der Waals surface area contributed by atoms with Gasteiger partial charge in [0.2, 0.25) is 0 Å². The first-order chi connectivity index (χ1) is 9.24. The Morgan fingerprint density at radius 1 is 1.32 bits per heavy atom. The summed E-state index contributed by atoms with van der Waals surface area (Å²) in [4.78, 5) is 8.90. The molecule has 96 valence electrons. The molecule has 0 bridgehead atoms. The maximum absolute atomic E-state index is 6.19. The molecule has 3 rings (SSSR count). The summed E-state index contributed by atoms with van der Waals surface area (Å²) < 4.78 is 1.09. The highest BCUT2D eigenvalue weighted by Gasteiger charge is 2.07. The van der Waals surface area contributed by atoms with E-state index < -0.39 is 0 Å². The van der Waals surface area contributed by atoms with Crippen LogP contribution in [0.4, 0.5) is 0 Å². The number of pyridine rings is 1. The van der Waals surface area contributed by atoms with Crippen molar-refractivity contribution in [2.24, 2.45) is 0 Å². The van der Waals surface area contributed by atoms with Crippen molar-refractivity contribution in [1.82, 2.24) is 9.97 Å². The highest BCUT2D eigenvalue weighted by atomic mass is 35.5. The van der Waals surface area contributed by atoms with Crippen LogP contribution < -0.4 is 0 Å². The van der Waals surface area contributed by atoms with E-state index in [2.05, 4.69) is 15.3 Å². The molecule has 0 aliphatic carbocycles. The number of aryl methyl sites for hydroxylation is 1. The van der Waals surface area contributed by atoms with Crippen molar-refractivity contribution in [3.05, 3.63) is 52.1 Å². The predicted octanol–water partition coefficient (Wildman–Crippen LogP) is 4.95. The van der Waals surface area contributed by atoms with Crippen molar-refractivity contribution in [1.29, 1.82) is 0 Å². The minimum Gasteiger partial charge on any atom is -0.256 e. The van der Waals surface area contributed by atoms with Gasteiger partial charge in [-0.25, -0.2) is 4.98 Å². The van der Waals surface area contributed by atoms with Crippen LogP contribution in [0.1, 0.15) is 11.3 Å². The van der Waals surface area contributed by atoms with Crippen LogP contribution in [0, 0.1) is 6.92 Å². The first-order valence-electron chi connectivity index (χ1n) is 5.81. The zero-order chi connectivity index (χ0) is 13.2. The van der Waals surface area contributed by atoms with Gasteiger partial charge in [0, 0.05) is 33.4 Å². The van der Waals surface area contributed by atoms with Gasteiger partial charge in [-0.05, 0) is 30.7 Å². The Labute approximate surface area is 124 Å². The van der Waals surface area contributed by atoms with Crippen LogP contribution in [0.3, 0.4) is 0 Å². The maximum Gasteiger partial charge on any atom is 0.150 e. The molecule has 1 aromatic carbocycles. The summed E-state index contributed by atoms with van der Waals surface area (Å²) in [7, 11) is 0. The van der Waals surface area contributed by atoms with Crippen LogP contribution in [-0.4, -0.2) is 9.97 Å². The van der Waals surface area contributed by atoms with Gasteiger partial charge in [0.25, 0.3) is 0 Å². The van der Waals surface area contributed by atoms with Crippen molar-refractivity contribution < 1.29 is 0 Å². The molecule has 0 amide bonds. The van der Waals surface area contributed by atoms with Crippen LogP contribution in [0.2, 0.25) is 5.02 Å². The molecule has 2 heterocycles. The number of thioether (sulfide) groups is 1. The molecule has 0 spiro atoms. The first kappa shape index (κ1) is 12.9. The van der Waals surface area contributed by atoms with E-state index in [0.717, 1.165) is 31.7 Å². The monoisotopic (exact) mass is 306 g/mol. The van der Waals surface area contributed by atoms with E-state index >= 15 is 0 Å². The van der Waals surface area contributed by atoms with Crippen LogP contribution in [-0.2, 0) is 5.75 Å². The molecule has 0 atom stereocenters. The van der Waals surface area contributed by atoms with Gasteiger partial charge < -0.3 is 0 Å². The number of aromatic nitrogens is 2. The lowest BCUT2D eigenvalue weighted by molar-refractivity contribution is 1.16. The van der Waals surface area contributed by atoms with Gasteiger partial charge in [-0.15, -0.1) is 11.3 Å². The fraction of sp³-hybridized carbons (Fsp3) is 0.143. The minimum atomic E-state index is 0.752. The molecule has 0 N–H and O–H groups in total. The zero-order valence-corrected chi connectivity index (χ0v) is 12.6. The molecular formula is C14H11ClN2S2. The highest BCUT2D eigenvalue weighted by molar-refractivity contribution is 8.00.